The lowest BCUT2D eigenvalue weighted by Crippen LogP contribution is -2.46. The second kappa shape index (κ2) is 7.79. The Bertz CT molecular complexity index is 879. The number of hydrogen-bond donors (Lipinski definition) is 1. The summed E-state index contributed by atoms with van der Waals surface area (Å²) in [6.45, 7) is 4.98. The number of nitrogens with one attached hydrogen (secondary N) is 1. The van der Waals surface area contributed by atoms with E-state index in [2.05, 4.69) is 4.98 Å². The molecule has 144 valence electrons. The highest BCUT2D eigenvalue weighted by Gasteiger charge is 2.36. The van der Waals surface area contributed by atoms with E-state index in [0.717, 1.165) is 0 Å². The van der Waals surface area contributed by atoms with E-state index in [9.17, 15) is 22.8 Å². The number of ether oxygens (including phenoxy) is 1. The van der Waals surface area contributed by atoms with Crippen molar-refractivity contribution in [1.82, 2.24) is 9.88 Å². The van der Waals surface area contributed by atoms with Crippen LogP contribution in [0.15, 0.2) is 11.0 Å². The van der Waals surface area contributed by atoms with Crippen molar-refractivity contribution >= 4 is 33.3 Å². The highest BCUT2D eigenvalue weighted by Crippen LogP contribution is 2.19. The Morgan fingerprint density at radius 3 is 2.65 bits per heavy atom. The van der Waals surface area contributed by atoms with E-state index in [1.165, 1.54) is 18.0 Å². The van der Waals surface area contributed by atoms with E-state index in [1.807, 2.05) is 0 Å². The molecule has 1 amide bonds. The van der Waals surface area contributed by atoms with Crippen LogP contribution in [0.4, 0.5) is 0 Å². The average Bonchev–Trinajstić information content (AvgIpc) is 2.92. The molecule has 1 aromatic heterocycles. The number of carbonyl (C=O) groups excluding carboxylic acids is 2. The van der Waals surface area contributed by atoms with Crippen molar-refractivity contribution in [3.05, 3.63) is 32.7 Å². The summed E-state index contributed by atoms with van der Waals surface area (Å²) < 4.78 is 28.4. The quantitative estimate of drug-likeness (QED) is 0.730. The van der Waals surface area contributed by atoms with E-state index in [0.29, 0.717) is 12.1 Å². The molecule has 0 saturated carbocycles. The molecule has 1 saturated heterocycles. The van der Waals surface area contributed by atoms with Crippen LogP contribution in [0.2, 0.25) is 5.02 Å². The van der Waals surface area contributed by atoms with Crippen molar-refractivity contribution in [2.45, 2.75) is 39.3 Å². The van der Waals surface area contributed by atoms with Gasteiger partial charge >= 0.3 is 5.97 Å². The van der Waals surface area contributed by atoms with Gasteiger partial charge < -0.3 is 14.6 Å². The molecule has 2 heterocycles. The van der Waals surface area contributed by atoms with Gasteiger partial charge in [-0.15, -0.1) is 0 Å². The van der Waals surface area contributed by atoms with Gasteiger partial charge in [0.25, 0.3) is 5.91 Å². The number of rotatable bonds is 5. The fourth-order valence-corrected chi connectivity index (χ4v) is 4.76. The number of pyridine rings is 1. The van der Waals surface area contributed by atoms with Gasteiger partial charge in [-0.05, 0) is 27.2 Å². The first-order valence-corrected chi connectivity index (χ1v) is 10.4. The van der Waals surface area contributed by atoms with Crippen molar-refractivity contribution in [3.8, 4) is 0 Å². The average molecular weight is 405 g/mol. The van der Waals surface area contributed by atoms with Crippen LogP contribution >= 0.6 is 11.6 Å². The summed E-state index contributed by atoms with van der Waals surface area (Å²) in [5.41, 5.74) is -0.564. The van der Waals surface area contributed by atoms with Crippen LogP contribution < -0.4 is 5.43 Å². The SMILES string of the molecule is CCN(C(=O)[C@@H](C)OC(=O)c1c[nH]c(C)c(Cl)c1=O)[C@H]1CCS(=O)(=O)C1. The fraction of sp³-hybridized carbons (Fsp3) is 0.562. The predicted octanol–water partition coefficient (Wildman–Crippen LogP) is 0.918. The molecule has 26 heavy (non-hydrogen) atoms. The summed E-state index contributed by atoms with van der Waals surface area (Å²) in [4.78, 5) is 40.9. The predicted molar refractivity (Wildman–Crippen MR) is 96.1 cm³/mol. The van der Waals surface area contributed by atoms with E-state index in [4.69, 9.17) is 16.3 Å². The van der Waals surface area contributed by atoms with E-state index >= 15 is 0 Å². The van der Waals surface area contributed by atoms with Crippen molar-refractivity contribution in [3.63, 3.8) is 0 Å². The minimum absolute atomic E-state index is 0.0346. The number of H-pyrrole nitrogens is 1. The summed E-state index contributed by atoms with van der Waals surface area (Å²) in [7, 11) is -3.15. The Labute approximate surface area is 156 Å². The minimum Gasteiger partial charge on any atom is -0.449 e. The molecule has 1 N–H and O–H groups in total. The van der Waals surface area contributed by atoms with Gasteiger partial charge in [-0.1, -0.05) is 11.6 Å². The number of aromatic amines is 1. The second-order valence-electron chi connectivity index (χ2n) is 6.20. The van der Waals surface area contributed by atoms with Crippen LogP contribution in [0, 0.1) is 6.92 Å². The van der Waals surface area contributed by atoms with Crippen molar-refractivity contribution < 1.29 is 22.7 Å². The molecule has 2 atom stereocenters. The van der Waals surface area contributed by atoms with Gasteiger partial charge in [0.1, 0.15) is 10.6 Å². The highest BCUT2D eigenvalue weighted by atomic mass is 35.5. The number of aryl methyl sites for hydroxylation is 1. The maximum atomic E-state index is 12.6. The van der Waals surface area contributed by atoms with Gasteiger partial charge in [-0.3, -0.25) is 9.59 Å². The van der Waals surface area contributed by atoms with E-state index in [-0.39, 0.29) is 28.6 Å². The zero-order valence-electron chi connectivity index (χ0n) is 14.7. The van der Waals surface area contributed by atoms with Crippen LogP contribution in [0.5, 0.6) is 0 Å². The Morgan fingerprint density at radius 2 is 2.12 bits per heavy atom. The van der Waals surface area contributed by atoms with E-state index in [1.54, 1.807) is 13.8 Å². The van der Waals surface area contributed by atoms with Gasteiger partial charge in [0.2, 0.25) is 5.43 Å². The summed E-state index contributed by atoms with van der Waals surface area (Å²) in [6, 6.07) is -0.434. The monoisotopic (exact) mass is 404 g/mol. The maximum absolute atomic E-state index is 12.6. The van der Waals surface area contributed by atoms with Crippen molar-refractivity contribution in [1.29, 1.82) is 0 Å². The number of sulfone groups is 1. The lowest BCUT2D eigenvalue weighted by atomic mass is 10.2. The molecule has 1 aliphatic rings. The molecule has 0 spiro atoms. The van der Waals surface area contributed by atoms with Gasteiger partial charge in [0.15, 0.2) is 15.9 Å². The van der Waals surface area contributed by atoms with Gasteiger partial charge in [-0.2, -0.15) is 0 Å². The minimum atomic E-state index is -3.15. The molecule has 1 aliphatic heterocycles. The first-order chi connectivity index (χ1) is 12.1. The van der Waals surface area contributed by atoms with Crippen LogP contribution in [-0.2, 0) is 19.4 Å². The third-order valence-corrected chi connectivity index (χ3v) is 6.54. The molecule has 0 aromatic carbocycles. The van der Waals surface area contributed by atoms with Crippen LogP contribution in [0.3, 0.4) is 0 Å². The molecule has 10 heteroatoms. The zero-order chi connectivity index (χ0) is 19.6. The molecule has 1 fully saturated rings. The summed E-state index contributed by atoms with van der Waals surface area (Å²) in [6.07, 6.45) is 0.380. The van der Waals surface area contributed by atoms with Crippen molar-refractivity contribution in [2.75, 3.05) is 18.1 Å². The summed E-state index contributed by atoms with van der Waals surface area (Å²) >= 11 is 5.83. The molecule has 2 rings (SSSR count). The molecule has 0 aliphatic carbocycles. The summed E-state index contributed by atoms with van der Waals surface area (Å²) in [5.74, 6) is -1.53. The number of nitrogens with zero attached hydrogens (tertiary/aromatic N) is 1. The zero-order valence-corrected chi connectivity index (χ0v) is 16.3. The van der Waals surface area contributed by atoms with E-state index < -0.39 is 39.3 Å². The standard InChI is InChI=1S/C16H21ClN2O6S/c1-4-19(11-5-6-26(23,24)8-11)15(21)10(3)25-16(22)12-7-18-9(2)13(17)14(12)20/h7,10-11H,4-6,8H2,1-3H3,(H,18,20)/t10-,11+/m1/s1. The first-order valence-electron chi connectivity index (χ1n) is 8.17. The lowest BCUT2D eigenvalue weighted by molar-refractivity contribution is -0.141. The maximum Gasteiger partial charge on any atom is 0.344 e. The molecule has 1 aromatic rings. The molecular weight excluding hydrogens is 384 g/mol. The Balaban J connectivity index is 2.12. The number of amides is 1. The largest absolute Gasteiger partial charge is 0.449 e. The highest BCUT2D eigenvalue weighted by molar-refractivity contribution is 7.91. The molecule has 0 bridgehead atoms. The second-order valence-corrected chi connectivity index (χ2v) is 8.81. The summed E-state index contributed by atoms with van der Waals surface area (Å²) in [5, 5.41) is -0.121. The number of hydrogen-bond acceptors (Lipinski definition) is 6. The number of carbonyl (C=O) groups is 2. The van der Waals surface area contributed by atoms with Gasteiger partial charge in [0, 0.05) is 24.5 Å². The molecule has 8 nitrogen and oxygen atoms in total. The molecule has 0 unspecified atom stereocenters. The topological polar surface area (TPSA) is 114 Å². The van der Waals surface area contributed by atoms with Crippen LogP contribution in [0.1, 0.15) is 36.3 Å². The van der Waals surface area contributed by atoms with Gasteiger partial charge in [-0.25, -0.2) is 13.2 Å². The Morgan fingerprint density at radius 1 is 1.46 bits per heavy atom. The molecule has 0 radical (unpaired) electrons. The van der Waals surface area contributed by atoms with Gasteiger partial charge in [0.05, 0.1) is 11.5 Å². The number of esters is 1. The van der Waals surface area contributed by atoms with Crippen LogP contribution in [0.25, 0.3) is 0 Å². The number of halogens is 1. The van der Waals surface area contributed by atoms with Crippen molar-refractivity contribution in [2.24, 2.45) is 0 Å². The normalized spacial score (nSPS) is 19.8. The molecular formula is C16H21ClN2O6S. The smallest absolute Gasteiger partial charge is 0.344 e. The Hall–Kier alpha value is -1.87. The first kappa shape index (κ1) is 20.4. The third kappa shape index (κ3) is 4.27. The third-order valence-electron chi connectivity index (χ3n) is 4.33. The fourth-order valence-electron chi connectivity index (χ4n) is 2.87. The lowest BCUT2D eigenvalue weighted by Gasteiger charge is -2.29. The number of likely N-dealkylation sites (N-methyl/N-ethyl adjacent to an activating group) is 1. The number of aromatic nitrogens is 1. The van der Waals surface area contributed by atoms with Crippen LogP contribution in [-0.4, -0.2) is 60.4 Å². The Kier molecular flexibility index (Phi) is 6.13.